The Morgan fingerprint density at radius 2 is 2.08 bits per heavy atom. The Balaban J connectivity index is 1.59. The number of rotatable bonds is 5. The summed E-state index contributed by atoms with van der Waals surface area (Å²) in [6.45, 7) is 5.26. The van der Waals surface area contributed by atoms with Crippen LogP contribution in [0.5, 0.6) is 0 Å². The lowest BCUT2D eigenvalue weighted by Gasteiger charge is -2.03. The van der Waals surface area contributed by atoms with E-state index in [0.717, 1.165) is 22.9 Å². The van der Waals surface area contributed by atoms with E-state index in [1.54, 1.807) is 22.7 Å². The zero-order chi connectivity index (χ0) is 17.2. The molecule has 0 aliphatic rings. The van der Waals surface area contributed by atoms with Gasteiger partial charge >= 0.3 is 0 Å². The summed E-state index contributed by atoms with van der Waals surface area (Å²) in [4.78, 5) is 5.76. The van der Waals surface area contributed by atoms with Gasteiger partial charge in [0.1, 0.15) is 0 Å². The third-order valence-corrected chi connectivity index (χ3v) is 5.87. The van der Waals surface area contributed by atoms with Crippen LogP contribution < -0.4 is 5.43 Å². The van der Waals surface area contributed by atoms with Gasteiger partial charge in [0.05, 0.1) is 16.8 Å². The van der Waals surface area contributed by atoms with Crippen LogP contribution in [0.25, 0.3) is 21.5 Å². The van der Waals surface area contributed by atoms with Crippen molar-refractivity contribution >= 4 is 44.9 Å². The first-order chi connectivity index (χ1) is 12.3. The first-order valence-corrected chi connectivity index (χ1v) is 9.90. The van der Waals surface area contributed by atoms with E-state index in [9.17, 15) is 0 Å². The highest BCUT2D eigenvalue weighted by molar-refractivity contribution is 7.15. The normalized spacial score (nSPS) is 11.6. The molecule has 0 amide bonds. The van der Waals surface area contributed by atoms with Crippen LogP contribution in [0.3, 0.4) is 0 Å². The summed E-state index contributed by atoms with van der Waals surface area (Å²) in [5.41, 5.74) is 7.69. The Hall–Kier alpha value is -2.44. The number of hydrazone groups is 1. The van der Waals surface area contributed by atoms with Gasteiger partial charge in [0.15, 0.2) is 0 Å². The number of hydrogen-bond acceptors (Lipinski definition) is 5. The second-order valence-electron chi connectivity index (χ2n) is 5.65. The van der Waals surface area contributed by atoms with Crippen LogP contribution in [0.2, 0.25) is 0 Å². The highest BCUT2D eigenvalue weighted by Crippen LogP contribution is 2.28. The molecular weight excluding hydrogens is 348 g/mol. The molecule has 0 radical (unpaired) electrons. The number of fused-ring (bicyclic) bond motifs is 1. The fraction of sp³-hybridized carbons (Fsp3) is 0.158. The van der Waals surface area contributed by atoms with Gasteiger partial charge < -0.3 is 4.57 Å². The number of hydrogen-bond donors (Lipinski definition) is 1. The summed E-state index contributed by atoms with van der Waals surface area (Å²) < 4.78 is 2.31. The van der Waals surface area contributed by atoms with Gasteiger partial charge in [-0.3, -0.25) is 5.43 Å². The summed E-state index contributed by atoms with van der Waals surface area (Å²) in [5, 5.41) is 10.6. The van der Waals surface area contributed by atoms with E-state index in [-0.39, 0.29) is 0 Å². The molecule has 3 heterocycles. The predicted octanol–water partition coefficient (Wildman–Crippen LogP) is 5.60. The Morgan fingerprint density at radius 1 is 1.20 bits per heavy atom. The number of thiazole rings is 1. The number of anilines is 1. The minimum absolute atomic E-state index is 0.802. The minimum atomic E-state index is 0.802. The molecule has 6 heteroatoms. The molecule has 4 rings (SSSR count). The molecule has 0 saturated carbocycles. The van der Waals surface area contributed by atoms with Gasteiger partial charge in [-0.1, -0.05) is 24.3 Å². The van der Waals surface area contributed by atoms with Gasteiger partial charge in [0, 0.05) is 34.1 Å². The fourth-order valence-corrected chi connectivity index (χ4v) is 4.46. The largest absolute Gasteiger partial charge is 0.344 e. The van der Waals surface area contributed by atoms with Gasteiger partial charge in [-0.15, -0.1) is 22.7 Å². The maximum atomic E-state index is 4.59. The van der Waals surface area contributed by atoms with Crippen molar-refractivity contribution in [1.29, 1.82) is 0 Å². The van der Waals surface area contributed by atoms with Crippen molar-refractivity contribution in [1.82, 2.24) is 9.55 Å². The number of aromatic nitrogens is 2. The van der Waals surface area contributed by atoms with Crippen molar-refractivity contribution in [2.45, 2.75) is 20.4 Å². The van der Waals surface area contributed by atoms with Crippen molar-refractivity contribution in [2.75, 3.05) is 5.43 Å². The molecule has 0 unspecified atom stereocenters. The summed E-state index contributed by atoms with van der Waals surface area (Å²) in [6.07, 6.45) is 1.90. The van der Waals surface area contributed by atoms with Crippen molar-refractivity contribution in [3.8, 4) is 10.6 Å². The van der Waals surface area contributed by atoms with E-state index in [1.807, 2.05) is 12.3 Å². The fourth-order valence-electron chi connectivity index (χ4n) is 3.04. The van der Waals surface area contributed by atoms with E-state index in [2.05, 4.69) is 75.0 Å². The van der Waals surface area contributed by atoms with Gasteiger partial charge in [0.2, 0.25) is 5.13 Å². The number of nitrogens with zero attached hydrogens (tertiary/aromatic N) is 3. The molecule has 1 aromatic carbocycles. The molecule has 126 valence electrons. The Morgan fingerprint density at radius 3 is 2.88 bits per heavy atom. The second kappa shape index (κ2) is 6.82. The topological polar surface area (TPSA) is 42.2 Å². The third-order valence-electron chi connectivity index (χ3n) is 4.23. The average molecular weight is 367 g/mol. The van der Waals surface area contributed by atoms with Crippen molar-refractivity contribution in [3.05, 3.63) is 58.4 Å². The predicted molar refractivity (Wildman–Crippen MR) is 109 cm³/mol. The first kappa shape index (κ1) is 16.1. The number of nitrogens with one attached hydrogen (secondary N) is 1. The molecular formula is C19H18N4S2. The zero-order valence-electron chi connectivity index (χ0n) is 14.1. The number of thiophene rings is 1. The monoisotopic (exact) mass is 366 g/mol. The number of benzene rings is 1. The Labute approximate surface area is 154 Å². The van der Waals surface area contributed by atoms with Gasteiger partial charge in [-0.2, -0.15) is 5.10 Å². The summed E-state index contributed by atoms with van der Waals surface area (Å²) >= 11 is 3.26. The highest BCUT2D eigenvalue weighted by atomic mass is 32.1. The lowest BCUT2D eigenvalue weighted by Crippen LogP contribution is -1.97. The number of para-hydroxylation sites is 1. The van der Waals surface area contributed by atoms with E-state index in [0.29, 0.717) is 0 Å². The zero-order valence-corrected chi connectivity index (χ0v) is 15.7. The lowest BCUT2D eigenvalue weighted by atomic mass is 10.1. The smallest absolute Gasteiger partial charge is 0.203 e. The molecule has 3 aromatic heterocycles. The first-order valence-electron chi connectivity index (χ1n) is 8.14. The summed E-state index contributed by atoms with van der Waals surface area (Å²) in [7, 11) is 0. The molecule has 0 atom stereocenters. The Kier molecular flexibility index (Phi) is 4.38. The van der Waals surface area contributed by atoms with Crippen LogP contribution in [0.1, 0.15) is 18.2 Å². The average Bonchev–Trinajstić information content (AvgIpc) is 3.35. The second-order valence-corrected chi connectivity index (χ2v) is 7.45. The molecule has 4 aromatic rings. The molecule has 0 fully saturated rings. The maximum Gasteiger partial charge on any atom is 0.203 e. The van der Waals surface area contributed by atoms with Gasteiger partial charge in [-0.25, -0.2) is 4.98 Å². The number of aryl methyl sites for hydroxylation is 1. The SMILES string of the molecule is CCn1c(C)c(/C=N\Nc2nc(-c3cccs3)cs2)c2ccccc21. The van der Waals surface area contributed by atoms with E-state index in [4.69, 9.17) is 0 Å². The van der Waals surface area contributed by atoms with Crippen LogP contribution in [0, 0.1) is 6.92 Å². The van der Waals surface area contributed by atoms with Crippen LogP contribution in [-0.2, 0) is 6.54 Å². The molecule has 4 nitrogen and oxygen atoms in total. The highest BCUT2D eigenvalue weighted by Gasteiger charge is 2.11. The van der Waals surface area contributed by atoms with Crippen LogP contribution in [-0.4, -0.2) is 15.8 Å². The maximum absolute atomic E-state index is 4.59. The van der Waals surface area contributed by atoms with Crippen LogP contribution in [0.4, 0.5) is 5.13 Å². The molecule has 25 heavy (non-hydrogen) atoms. The van der Waals surface area contributed by atoms with E-state index >= 15 is 0 Å². The van der Waals surface area contributed by atoms with Crippen molar-refractivity contribution in [3.63, 3.8) is 0 Å². The standard InChI is InChI=1S/C19H18N4S2/c1-3-23-13(2)15(14-7-4-5-8-17(14)23)11-20-22-19-21-16(12-25-19)18-9-6-10-24-18/h4-12H,3H2,1-2H3,(H,21,22)/b20-11-. The lowest BCUT2D eigenvalue weighted by molar-refractivity contribution is 0.769. The van der Waals surface area contributed by atoms with Crippen LogP contribution in [0.15, 0.2) is 52.3 Å². The van der Waals surface area contributed by atoms with Crippen LogP contribution >= 0.6 is 22.7 Å². The minimum Gasteiger partial charge on any atom is -0.344 e. The third kappa shape index (κ3) is 2.99. The van der Waals surface area contributed by atoms with Crippen molar-refractivity contribution < 1.29 is 0 Å². The molecule has 0 aliphatic heterocycles. The van der Waals surface area contributed by atoms with Gasteiger partial charge in [0.25, 0.3) is 0 Å². The Bertz CT molecular complexity index is 1030. The van der Waals surface area contributed by atoms with Crippen molar-refractivity contribution in [2.24, 2.45) is 5.10 Å². The molecule has 0 saturated heterocycles. The van der Waals surface area contributed by atoms with E-state index < -0.39 is 0 Å². The molecule has 0 aliphatic carbocycles. The quantitative estimate of drug-likeness (QED) is 0.369. The molecule has 1 N–H and O–H groups in total. The molecule has 0 spiro atoms. The summed E-state index contributed by atoms with van der Waals surface area (Å²) in [6, 6.07) is 12.6. The van der Waals surface area contributed by atoms with E-state index in [1.165, 1.54) is 21.5 Å². The summed E-state index contributed by atoms with van der Waals surface area (Å²) in [5.74, 6) is 0. The molecule has 0 bridgehead atoms. The van der Waals surface area contributed by atoms with Gasteiger partial charge in [-0.05, 0) is 31.4 Å².